The number of carboxylic acid groups (broad SMARTS) is 1. The molecule has 1 heterocycles. The van der Waals surface area contributed by atoms with E-state index in [1.807, 2.05) is 18.2 Å². The number of hydrogen-bond acceptors (Lipinski definition) is 6. The number of carbonyl (C=O) groups is 1. The number of aromatic nitrogens is 1. The van der Waals surface area contributed by atoms with Crippen LogP contribution in [0.15, 0.2) is 65.3 Å². The smallest absolute Gasteiger partial charge is 0.339 e. The van der Waals surface area contributed by atoms with Gasteiger partial charge in [0.05, 0.1) is 14.8 Å². The number of hydrogen-bond donors (Lipinski definition) is 3. The Kier molecular flexibility index (Phi) is 7.33. The zero-order chi connectivity index (χ0) is 21.1. The quantitative estimate of drug-likeness (QED) is 0.195. The molecular formula is C20H13BrCuN2O6. The minimum atomic E-state index is -1.14. The summed E-state index contributed by atoms with van der Waals surface area (Å²) in [7, 11) is 0. The van der Waals surface area contributed by atoms with Gasteiger partial charge in [-0.2, -0.15) is 0 Å². The number of benzene rings is 3. The molecule has 0 aliphatic rings. The zero-order valence-corrected chi connectivity index (χ0v) is 17.4. The van der Waals surface area contributed by atoms with E-state index < -0.39 is 10.9 Å². The van der Waals surface area contributed by atoms with Gasteiger partial charge in [0.1, 0.15) is 22.6 Å². The molecule has 0 saturated heterocycles. The Morgan fingerprint density at radius 1 is 1.03 bits per heavy atom. The predicted molar refractivity (Wildman–Crippen MR) is 110 cm³/mol. The van der Waals surface area contributed by atoms with E-state index in [4.69, 9.17) is 5.11 Å². The van der Waals surface area contributed by atoms with Gasteiger partial charge in [-0.25, -0.2) is 4.79 Å². The fraction of sp³-hybridized carbons (Fsp3) is 0. The molecule has 8 nitrogen and oxygen atoms in total. The molecule has 30 heavy (non-hydrogen) atoms. The molecule has 1 aromatic heterocycles. The maximum absolute atomic E-state index is 10.8. The number of carboxylic acids is 1. The number of nitro benzene ring substituents is 1. The second kappa shape index (κ2) is 9.53. The summed E-state index contributed by atoms with van der Waals surface area (Å²) in [4.78, 5) is 24.8. The number of phenolic OH excluding ortho intramolecular Hbond substituents is 1. The van der Waals surface area contributed by atoms with Gasteiger partial charge in [-0.15, -0.1) is 0 Å². The summed E-state index contributed by atoms with van der Waals surface area (Å²) >= 11 is 3.19. The van der Waals surface area contributed by atoms with E-state index in [2.05, 4.69) is 20.9 Å². The van der Waals surface area contributed by atoms with Crippen LogP contribution in [0.2, 0.25) is 0 Å². The Labute approximate surface area is 188 Å². The molecule has 0 aliphatic carbocycles. The van der Waals surface area contributed by atoms with E-state index in [1.165, 1.54) is 24.4 Å². The largest absolute Gasteiger partial charge is 0.506 e. The molecule has 0 fully saturated rings. The van der Waals surface area contributed by atoms with Crippen LogP contribution in [0, 0.1) is 10.1 Å². The van der Waals surface area contributed by atoms with Crippen molar-refractivity contribution in [2.24, 2.45) is 0 Å². The Hall–Kier alpha value is -3.20. The van der Waals surface area contributed by atoms with Crippen molar-refractivity contribution < 1.29 is 42.1 Å². The van der Waals surface area contributed by atoms with Gasteiger partial charge in [-0.3, -0.25) is 15.1 Å². The number of fused-ring (bicyclic) bond motifs is 2. The van der Waals surface area contributed by atoms with Gasteiger partial charge < -0.3 is 15.3 Å². The number of non-ortho nitro benzene ring substituents is 1. The van der Waals surface area contributed by atoms with Crippen molar-refractivity contribution in [3.05, 3.63) is 80.9 Å². The third-order valence-corrected chi connectivity index (χ3v) is 4.92. The normalized spacial score (nSPS) is 10.0. The maximum atomic E-state index is 10.8. The molecule has 4 aromatic rings. The van der Waals surface area contributed by atoms with E-state index >= 15 is 0 Å². The van der Waals surface area contributed by atoms with Crippen molar-refractivity contribution >= 4 is 49.3 Å². The monoisotopic (exact) mass is 519 g/mol. The molecular weight excluding hydrogens is 508 g/mol. The first-order valence-corrected chi connectivity index (χ1v) is 8.95. The molecule has 0 atom stereocenters. The minimum Gasteiger partial charge on any atom is -0.506 e. The molecule has 0 spiro atoms. The number of aromatic carboxylic acids is 1. The standard InChI is InChI=1S/C11H7BrO3.C9H6N2O3.Cu/c12-9-7-4-2-1-3-6(7)5-8(10(9)13)11(14)15;12-8-4-3-7(11(13)14)6-2-1-5-10-9(6)8;/h1-5,13H,(H,14,15);1-5,12H;. The number of aromatic hydroxyl groups is 2. The van der Waals surface area contributed by atoms with Crippen molar-refractivity contribution in [3.8, 4) is 11.5 Å². The molecule has 0 bridgehead atoms. The molecule has 3 N–H and O–H groups in total. The minimum absolute atomic E-state index is 0. The summed E-state index contributed by atoms with van der Waals surface area (Å²) in [5.74, 6) is -1.42. The molecule has 1 radical (unpaired) electrons. The number of phenols is 2. The second-order valence-corrected chi connectivity index (χ2v) is 6.67. The molecule has 4 rings (SSSR count). The summed E-state index contributed by atoms with van der Waals surface area (Å²) in [5.41, 5.74) is 0.105. The molecule has 0 amide bonds. The van der Waals surface area contributed by atoms with E-state index in [1.54, 1.807) is 18.2 Å². The van der Waals surface area contributed by atoms with E-state index in [9.17, 15) is 25.1 Å². The summed E-state index contributed by atoms with van der Waals surface area (Å²) in [6.45, 7) is 0. The first-order chi connectivity index (χ1) is 13.8. The average Bonchev–Trinajstić information content (AvgIpc) is 2.71. The number of halogens is 1. The van der Waals surface area contributed by atoms with Gasteiger partial charge >= 0.3 is 5.97 Å². The molecule has 10 heteroatoms. The third-order valence-electron chi connectivity index (χ3n) is 4.11. The SMILES string of the molecule is O=C(O)c1cc2ccccc2c(Br)c1O.O=[N+]([O-])c1ccc(O)c2ncccc12.[Cu]. The molecule has 3 aromatic carbocycles. The van der Waals surface area contributed by atoms with Gasteiger partial charge in [-0.1, -0.05) is 24.3 Å². The van der Waals surface area contributed by atoms with Crippen LogP contribution in [-0.4, -0.2) is 31.2 Å². The average molecular weight is 521 g/mol. The Morgan fingerprint density at radius 2 is 1.70 bits per heavy atom. The van der Waals surface area contributed by atoms with Gasteiger partial charge in [0.2, 0.25) is 0 Å². The number of nitro groups is 1. The topological polar surface area (TPSA) is 134 Å². The first-order valence-electron chi connectivity index (χ1n) is 8.16. The van der Waals surface area contributed by atoms with Crippen LogP contribution in [0.3, 0.4) is 0 Å². The Balaban J connectivity index is 0.000000207. The fourth-order valence-corrected chi connectivity index (χ4v) is 3.33. The van der Waals surface area contributed by atoms with E-state index in [0.717, 1.165) is 10.8 Å². The van der Waals surface area contributed by atoms with Crippen molar-refractivity contribution in [1.29, 1.82) is 0 Å². The van der Waals surface area contributed by atoms with Gasteiger partial charge in [0, 0.05) is 29.3 Å². The molecule has 0 saturated carbocycles. The van der Waals surface area contributed by atoms with Crippen LogP contribution >= 0.6 is 15.9 Å². The summed E-state index contributed by atoms with van der Waals surface area (Å²) < 4.78 is 0.415. The first kappa shape index (κ1) is 23.1. The van der Waals surface area contributed by atoms with Gasteiger partial charge in [0.15, 0.2) is 0 Å². The van der Waals surface area contributed by atoms with Crippen LogP contribution in [-0.2, 0) is 17.1 Å². The molecule has 0 aliphatic heterocycles. The predicted octanol–water partition coefficient (Wildman–Crippen LogP) is 4.85. The maximum Gasteiger partial charge on any atom is 0.339 e. The molecule has 0 unspecified atom stereocenters. The summed E-state index contributed by atoms with van der Waals surface area (Å²) in [6, 6.07) is 14.4. The number of rotatable bonds is 2. The van der Waals surface area contributed by atoms with Crippen molar-refractivity contribution in [2.45, 2.75) is 0 Å². The van der Waals surface area contributed by atoms with Crippen LogP contribution in [0.1, 0.15) is 10.4 Å². The van der Waals surface area contributed by atoms with E-state index in [0.29, 0.717) is 9.86 Å². The summed E-state index contributed by atoms with van der Waals surface area (Å²) in [6.07, 6.45) is 1.48. The van der Waals surface area contributed by atoms with Gasteiger partial charge in [-0.05, 0) is 51.0 Å². The third kappa shape index (κ3) is 4.51. The van der Waals surface area contributed by atoms with Gasteiger partial charge in [0.25, 0.3) is 5.69 Å². The van der Waals surface area contributed by atoms with Crippen LogP contribution in [0.25, 0.3) is 21.7 Å². The fourth-order valence-electron chi connectivity index (χ4n) is 2.76. The number of pyridine rings is 1. The van der Waals surface area contributed by atoms with Crippen molar-refractivity contribution in [2.75, 3.05) is 0 Å². The molecule has 157 valence electrons. The van der Waals surface area contributed by atoms with Crippen LogP contribution in [0.4, 0.5) is 5.69 Å². The van der Waals surface area contributed by atoms with Crippen molar-refractivity contribution in [1.82, 2.24) is 4.98 Å². The van der Waals surface area contributed by atoms with Crippen LogP contribution in [0.5, 0.6) is 11.5 Å². The number of nitrogens with zero attached hydrogens (tertiary/aromatic N) is 2. The Morgan fingerprint density at radius 3 is 2.37 bits per heavy atom. The second-order valence-electron chi connectivity index (χ2n) is 5.87. The Bertz CT molecular complexity index is 1260. The van der Waals surface area contributed by atoms with Crippen molar-refractivity contribution in [3.63, 3.8) is 0 Å². The van der Waals surface area contributed by atoms with Crippen LogP contribution < -0.4 is 0 Å². The summed E-state index contributed by atoms with van der Waals surface area (Å²) in [5, 5.41) is 40.4. The van der Waals surface area contributed by atoms with E-state index in [-0.39, 0.29) is 45.3 Å². The zero-order valence-electron chi connectivity index (χ0n) is 14.9.